The van der Waals surface area contributed by atoms with Crippen molar-refractivity contribution in [1.82, 2.24) is 9.80 Å². The van der Waals surface area contributed by atoms with Crippen molar-refractivity contribution in [3.05, 3.63) is 29.8 Å². The third-order valence-corrected chi connectivity index (χ3v) is 4.70. The van der Waals surface area contributed by atoms with Gasteiger partial charge in [-0.1, -0.05) is 12.1 Å². The van der Waals surface area contributed by atoms with Crippen molar-refractivity contribution < 1.29 is 19.1 Å². The summed E-state index contributed by atoms with van der Waals surface area (Å²) in [6, 6.07) is 7.98. The number of methoxy groups -OCH3 is 1. The van der Waals surface area contributed by atoms with Crippen LogP contribution in [-0.4, -0.2) is 61.6 Å². The second kappa shape index (κ2) is 7.32. The minimum absolute atomic E-state index is 0.0485. The number of carbonyl (C=O) groups excluding carboxylic acids is 2. The van der Waals surface area contributed by atoms with Crippen LogP contribution in [0.3, 0.4) is 0 Å². The predicted octanol–water partition coefficient (Wildman–Crippen LogP) is 1.15. The van der Waals surface area contributed by atoms with Crippen molar-refractivity contribution in [3.63, 3.8) is 0 Å². The molecule has 6 heteroatoms. The van der Waals surface area contributed by atoms with Crippen LogP contribution in [0.25, 0.3) is 0 Å². The van der Waals surface area contributed by atoms with Gasteiger partial charge in [0.2, 0.25) is 11.8 Å². The Morgan fingerprint density at radius 2 is 1.88 bits per heavy atom. The van der Waals surface area contributed by atoms with Gasteiger partial charge in [0.05, 0.1) is 31.6 Å². The molecule has 2 heterocycles. The summed E-state index contributed by atoms with van der Waals surface area (Å²) in [6.45, 7) is 5.35. The number of rotatable bonds is 7. The fourth-order valence-electron chi connectivity index (χ4n) is 3.59. The Hall–Kier alpha value is -1.92. The van der Waals surface area contributed by atoms with Crippen LogP contribution in [0.4, 0.5) is 0 Å². The Labute approximate surface area is 142 Å². The number of amides is 2. The van der Waals surface area contributed by atoms with Crippen molar-refractivity contribution >= 4 is 11.8 Å². The van der Waals surface area contributed by atoms with Gasteiger partial charge < -0.3 is 9.47 Å². The standard InChI is InChI=1S/C18H24N2O4/c1-3-24-14-6-4-5-13(9-14)10-19-11-15-16(12-19)18(22)20(17(15)21)7-8-23-2/h4-6,9,15-16H,3,7-8,10-12H2,1-2H3/t15-,16+. The molecule has 1 aromatic carbocycles. The van der Waals surface area contributed by atoms with Gasteiger partial charge in [0.25, 0.3) is 0 Å². The van der Waals surface area contributed by atoms with Crippen LogP contribution in [-0.2, 0) is 20.9 Å². The van der Waals surface area contributed by atoms with E-state index in [0.29, 0.717) is 32.8 Å². The Bertz CT molecular complexity index is 595. The molecule has 2 saturated heterocycles. The van der Waals surface area contributed by atoms with E-state index in [1.165, 1.54) is 4.90 Å². The van der Waals surface area contributed by atoms with E-state index in [1.54, 1.807) is 7.11 Å². The fourth-order valence-corrected chi connectivity index (χ4v) is 3.59. The number of carbonyl (C=O) groups is 2. The summed E-state index contributed by atoms with van der Waals surface area (Å²) in [6.07, 6.45) is 0. The maximum absolute atomic E-state index is 12.4. The molecule has 2 aliphatic heterocycles. The minimum Gasteiger partial charge on any atom is -0.494 e. The van der Waals surface area contributed by atoms with Crippen LogP contribution in [0.1, 0.15) is 12.5 Å². The van der Waals surface area contributed by atoms with Crippen LogP contribution in [0.15, 0.2) is 24.3 Å². The zero-order valence-electron chi connectivity index (χ0n) is 14.2. The van der Waals surface area contributed by atoms with Gasteiger partial charge >= 0.3 is 0 Å². The van der Waals surface area contributed by atoms with E-state index >= 15 is 0 Å². The first-order valence-electron chi connectivity index (χ1n) is 8.42. The van der Waals surface area contributed by atoms with E-state index in [1.807, 2.05) is 31.2 Å². The summed E-state index contributed by atoms with van der Waals surface area (Å²) in [5.74, 6) is 0.348. The van der Waals surface area contributed by atoms with Crippen LogP contribution in [0.5, 0.6) is 5.75 Å². The molecular weight excluding hydrogens is 308 g/mol. The molecule has 0 saturated carbocycles. The normalized spacial score (nSPS) is 23.8. The lowest BCUT2D eigenvalue weighted by atomic mass is 10.00. The van der Waals surface area contributed by atoms with Crippen molar-refractivity contribution in [2.24, 2.45) is 11.8 Å². The largest absolute Gasteiger partial charge is 0.494 e. The van der Waals surface area contributed by atoms with Crippen molar-refractivity contribution in [2.45, 2.75) is 13.5 Å². The molecule has 0 aliphatic carbocycles. The Morgan fingerprint density at radius 3 is 2.50 bits per heavy atom. The molecule has 0 unspecified atom stereocenters. The summed E-state index contributed by atoms with van der Waals surface area (Å²) >= 11 is 0. The Kier molecular flexibility index (Phi) is 5.16. The van der Waals surface area contributed by atoms with Gasteiger partial charge in [0.1, 0.15) is 5.75 Å². The minimum atomic E-state index is -0.204. The van der Waals surface area contributed by atoms with Gasteiger partial charge in [-0.05, 0) is 24.6 Å². The molecule has 3 rings (SSSR count). The average molecular weight is 332 g/mol. The molecule has 2 aliphatic rings. The van der Waals surface area contributed by atoms with Crippen molar-refractivity contribution in [2.75, 3.05) is 40.0 Å². The first-order chi connectivity index (χ1) is 11.6. The lowest BCUT2D eigenvalue weighted by Crippen LogP contribution is -2.37. The lowest BCUT2D eigenvalue weighted by molar-refractivity contribution is -0.141. The summed E-state index contributed by atoms with van der Waals surface area (Å²) < 4.78 is 10.5. The third-order valence-electron chi connectivity index (χ3n) is 4.70. The smallest absolute Gasteiger partial charge is 0.234 e. The van der Waals surface area contributed by atoms with Crippen LogP contribution < -0.4 is 4.74 Å². The fraction of sp³-hybridized carbons (Fsp3) is 0.556. The highest BCUT2D eigenvalue weighted by molar-refractivity contribution is 6.05. The first-order valence-corrected chi connectivity index (χ1v) is 8.42. The molecule has 0 radical (unpaired) electrons. The summed E-state index contributed by atoms with van der Waals surface area (Å²) in [5, 5.41) is 0. The molecule has 0 aromatic heterocycles. The molecular formula is C18H24N2O4. The molecule has 2 amide bonds. The predicted molar refractivity (Wildman–Crippen MR) is 88.5 cm³/mol. The lowest BCUT2D eigenvalue weighted by Gasteiger charge is -2.20. The number of likely N-dealkylation sites (tertiary alicyclic amines) is 2. The number of hydrogen-bond acceptors (Lipinski definition) is 5. The van der Waals surface area contributed by atoms with Crippen molar-refractivity contribution in [3.8, 4) is 5.75 Å². The molecule has 24 heavy (non-hydrogen) atoms. The summed E-state index contributed by atoms with van der Waals surface area (Å²) in [5.41, 5.74) is 1.14. The zero-order chi connectivity index (χ0) is 17.1. The second-order valence-corrected chi connectivity index (χ2v) is 6.31. The number of hydrogen-bond donors (Lipinski definition) is 0. The number of benzene rings is 1. The molecule has 0 spiro atoms. The van der Waals surface area contributed by atoms with Crippen LogP contribution in [0.2, 0.25) is 0 Å². The maximum Gasteiger partial charge on any atom is 0.234 e. The number of imide groups is 1. The highest BCUT2D eigenvalue weighted by atomic mass is 16.5. The van der Waals surface area contributed by atoms with Crippen molar-refractivity contribution in [1.29, 1.82) is 0 Å². The summed E-state index contributed by atoms with van der Waals surface area (Å²) in [7, 11) is 1.57. The van der Waals surface area contributed by atoms with Gasteiger partial charge in [-0.25, -0.2) is 0 Å². The molecule has 130 valence electrons. The number of ether oxygens (including phenoxy) is 2. The Morgan fingerprint density at radius 1 is 1.17 bits per heavy atom. The van der Waals surface area contributed by atoms with E-state index in [2.05, 4.69) is 4.90 Å². The van der Waals surface area contributed by atoms with E-state index in [-0.39, 0.29) is 23.7 Å². The molecule has 0 bridgehead atoms. The third kappa shape index (κ3) is 3.30. The second-order valence-electron chi connectivity index (χ2n) is 6.31. The Balaban J connectivity index is 1.62. The van der Waals surface area contributed by atoms with E-state index < -0.39 is 0 Å². The molecule has 6 nitrogen and oxygen atoms in total. The SMILES string of the molecule is CCOc1cccc(CN2C[C@@H]3C(=O)N(CCOC)C(=O)[C@@H]3C2)c1. The monoisotopic (exact) mass is 332 g/mol. The first kappa shape index (κ1) is 16.9. The average Bonchev–Trinajstić information content (AvgIpc) is 3.07. The zero-order valence-corrected chi connectivity index (χ0v) is 14.2. The molecule has 2 fully saturated rings. The van der Waals surface area contributed by atoms with Gasteiger partial charge in [-0.3, -0.25) is 19.4 Å². The maximum atomic E-state index is 12.4. The molecule has 2 atom stereocenters. The van der Waals surface area contributed by atoms with E-state index in [4.69, 9.17) is 9.47 Å². The summed E-state index contributed by atoms with van der Waals surface area (Å²) in [4.78, 5) is 28.4. The quantitative estimate of drug-likeness (QED) is 0.701. The number of nitrogens with zero attached hydrogens (tertiary/aromatic N) is 2. The van der Waals surface area contributed by atoms with Crippen LogP contribution in [0, 0.1) is 11.8 Å². The molecule has 0 N–H and O–H groups in total. The van der Waals surface area contributed by atoms with E-state index in [0.717, 1.165) is 17.9 Å². The van der Waals surface area contributed by atoms with Gasteiger partial charge in [0.15, 0.2) is 0 Å². The van der Waals surface area contributed by atoms with Gasteiger partial charge in [-0.15, -0.1) is 0 Å². The molecule has 1 aromatic rings. The van der Waals surface area contributed by atoms with Crippen LogP contribution >= 0.6 is 0 Å². The topological polar surface area (TPSA) is 59.1 Å². The van der Waals surface area contributed by atoms with E-state index in [9.17, 15) is 9.59 Å². The number of fused-ring (bicyclic) bond motifs is 1. The highest BCUT2D eigenvalue weighted by Gasteiger charge is 2.51. The van der Waals surface area contributed by atoms with Gasteiger partial charge in [-0.2, -0.15) is 0 Å². The highest BCUT2D eigenvalue weighted by Crippen LogP contribution is 2.34. The van der Waals surface area contributed by atoms with Gasteiger partial charge in [0, 0.05) is 26.7 Å².